The number of aromatic nitrogens is 3. The van der Waals surface area contributed by atoms with Crippen LogP contribution in [0.1, 0.15) is 101 Å². The first kappa shape index (κ1) is 30.4. The van der Waals surface area contributed by atoms with Crippen molar-refractivity contribution in [3.05, 3.63) is 72.5 Å². The van der Waals surface area contributed by atoms with E-state index in [0.29, 0.717) is 48.4 Å². The Balaban J connectivity index is 1.17. The molecule has 1 N–H and O–H groups in total. The summed E-state index contributed by atoms with van der Waals surface area (Å²) in [4.78, 5) is 19.3. The molecule has 0 atom stereocenters. The molecule has 3 fully saturated rings. The predicted octanol–water partition coefficient (Wildman–Crippen LogP) is 8.35. The molecule has 3 aliphatic carbocycles. The molecule has 0 spiro atoms. The van der Waals surface area contributed by atoms with Gasteiger partial charge in [-0.15, -0.1) is 0 Å². The van der Waals surface area contributed by atoms with Crippen LogP contribution in [-0.4, -0.2) is 39.0 Å². The minimum Gasteiger partial charge on any atom is -0.506 e. The van der Waals surface area contributed by atoms with Crippen LogP contribution >= 0.6 is 0 Å². The van der Waals surface area contributed by atoms with Crippen molar-refractivity contribution in [2.24, 2.45) is 17.8 Å². The smallest absolute Gasteiger partial charge is 0.306 e. The van der Waals surface area contributed by atoms with Crippen LogP contribution in [0, 0.1) is 24.7 Å². The van der Waals surface area contributed by atoms with Crippen LogP contribution in [0.2, 0.25) is 0 Å². The molecule has 3 aliphatic rings. The van der Waals surface area contributed by atoms with Crippen molar-refractivity contribution in [3.63, 3.8) is 0 Å². The lowest BCUT2D eigenvalue weighted by Gasteiger charge is -2.39. The molecule has 2 aromatic heterocycles. The number of aryl methyl sites for hydroxylation is 1. The Morgan fingerprint density at radius 1 is 1.00 bits per heavy atom. The second-order valence-electron chi connectivity index (χ2n) is 13.4. The van der Waals surface area contributed by atoms with Gasteiger partial charge < -0.3 is 14.7 Å². The number of hydrogen-bond donors (Lipinski definition) is 1. The Labute approximate surface area is 262 Å². The molecule has 7 heteroatoms. The Morgan fingerprint density at radius 3 is 2.45 bits per heavy atom. The highest BCUT2D eigenvalue weighted by molar-refractivity contribution is 5.70. The van der Waals surface area contributed by atoms with Gasteiger partial charge in [-0.2, -0.15) is 5.10 Å². The second kappa shape index (κ2) is 13.6. The zero-order valence-corrected chi connectivity index (χ0v) is 26.5. The van der Waals surface area contributed by atoms with E-state index in [-0.39, 0.29) is 11.7 Å². The monoisotopic (exact) mass is 596 g/mol. The number of nitrogens with zero attached hydrogens (tertiary/aromatic N) is 4. The van der Waals surface area contributed by atoms with Gasteiger partial charge in [-0.05, 0) is 126 Å². The summed E-state index contributed by atoms with van der Waals surface area (Å²) in [5, 5.41) is 14.6. The summed E-state index contributed by atoms with van der Waals surface area (Å²) < 4.78 is 7.35. The third-order valence-corrected chi connectivity index (χ3v) is 10.2. The summed E-state index contributed by atoms with van der Waals surface area (Å²) in [6, 6.07) is 13.3. The number of carbonyl (C=O) groups is 1. The maximum absolute atomic E-state index is 12.1. The zero-order valence-electron chi connectivity index (χ0n) is 26.5. The maximum Gasteiger partial charge on any atom is 0.306 e. The number of aromatic hydroxyl groups is 1. The number of hydrogen-bond acceptors (Lipinski definition) is 6. The van der Waals surface area contributed by atoms with Crippen LogP contribution in [0.4, 0.5) is 5.69 Å². The van der Waals surface area contributed by atoms with Crippen molar-refractivity contribution in [1.82, 2.24) is 14.8 Å². The normalized spacial score (nSPS) is 23.7. The molecule has 0 radical (unpaired) electrons. The zero-order chi connectivity index (χ0) is 30.6. The average molecular weight is 597 g/mol. The molecule has 3 aromatic rings. The Hall–Kier alpha value is -3.61. The fourth-order valence-corrected chi connectivity index (χ4v) is 7.34. The maximum atomic E-state index is 12.1. The van der Waals surface area contributed by atoms with Gasteiger partial charge in [-0.25, -0.2) is 0 Å². The molecular formula is C37H48N4O3. The van der Waals surface area contributed by atoms with E-state index in [1.165, 1.54) is 35.4 Å². The fraction of sp³-hybridized carbons (Fsp3) is 0.541. The second-order valence-corrected chi connectivity index (χ2v) is 13.4. The summed E-state index contributed by atoms with van der Waals surface area (Å²) in [7, 11) is 0. The van der Waals surface area contributed by atoms with Crippen molar-refractivity contribution in [2.75, 3.05) is 18.1 Å². The number of esters is 1. The van der Waals surface area contributed by atoms with Gasteiger partial charge in [0.2, 0.25) is 0 Å². The third-order valence-electron chi connectivity index (χ3n) is 10.2. The highest BCUT2D eigenvalue weighted by Crippen LogP contribution is 2.41. The third kappa shape index (κ3) is 7.19. The van der Waals surface area contributed by atoms with Crippen LogP contribution in [0.5, 0.6) is 5.75 Å². The minimum absolute atomic E-state index is 0.0634. The van der Waals surface area contributed by atoms with Gasteiger partial charge in [-0.1, -0.05) is 18.7 Å². The molecule has 7 nitrogen and oxygen atoms in total. The first-order chi connectivity index (χ1) is 21.4. The largest absolute Gasteiger partial charge is 0.506 e. The first-order valence-corrected chi connectivity index (χ1v) is 16.8. The van der Waals surface area contributed by atoms with Gasteiger partial charge in [0, 0.05) is 47.7 Å². The lowest BCUT2D eigenvalue weighted by atomic mass is 9.78. The van der Waals surface area contributed by atoms with Crippen molar-refractivity contribution < 1.29 is 14.6 Å². The van der Waals surface area contributed by atoms with Crippen molar-refractivity contribution in [3.8, 4) is 16.9 Å². The SMILES string of the molecule is C=C(C1CCC(CC(=O)OCC)CC1)N(CC1CCC(c2ccc(O)c(C)n2)CC1)c1cccc(-c2cnn(C3CC3)c2)c1. The number of anilines is 1. The van der Waals surface area contributed by atoms with Crippen LogP contribution in [-0.2, 0) is 9.53 Å². The molecule has 3 saturated carbocycles. The van der Waals surface area contributed by atoms with Gasteiger partial charge in [0.15, 0.2) is 0 Å². The quantitative estimate of drug-likeness (QED) is 0.224. The molecule has 0 bridgehead atoms. The van der Waals surface area contributed by atoms with E-state index in [1.807, 2.05) is 26.1 Å². The number of ether oxygens (including phenoxy) is 1. The van der Waals surface area contributed by atoms with Gasteiger partial charge in [0.1, 0.15) is 5.75 Å². The van der Waals surface area contributed by atoms with Crippen molar-refractivity contribution in [1.29, 1.82) is 0 Å². The number of benzene rings is 1. The number of pyridine rings is 1. The molecule has 0 amide bonds. The molecule has 0 aliphatic heterocycles. The van der Waals surface area contributed by atoms with Crippen LogP contribution < -0.4 is 4.90 Å². The number of rotatable bonds is 11. The van der Waals surface area contributed by atoms with E-state index in [1.54, 1.807) is 6.07 Å². The predicted molar refractivity (Wildman–Crippen MR) is 174 cm³/mol. The Bertz CT molecular complexity index is 1440. The van der Waals surface area contributed by atoms with Gasteiger partial charge in [0.25, 0.3) is 0 Å². The average Bonchev–Trinajstić information content (AvgIpc) is 3.77. The van der Waals surface area contributed by atoms with E-state index in [2.05, 4.69) is 45.1 Å². The Kier molecular flexibility index (Phi) is 9.39. The highest BCUT2D eigenvalue weighted by atomic mass is 16.5. The van der Waals surface area contributed by atoms with Crippen LogP contribution in [0.3, 0.4) is 0 Å². The highest BCUT2D eigenvalue weighted by Gasteiger charge is 2.31. The number of allylic oxidation sites excluding steroid dienone is 1. The minimum atomic E-state index is -0.0634. The summed E-state index contributed by atoms with van der Waals surface area (Å²) in [6.07, 6.45) is 15.9. The molecule has 0 saturated heterocycles. The molecular weight excluding hydrogens is 548 g/mol. The van der Waals surface area contributed by atoms with Crippen molar-refractivity contribution in [2.45, 2.75) is 96.4 Å². The molecule has 1 aromatic carbocycles. The van der Waals surface area contributed by atoms with E-state index < -0.39 is 0 Å². The molecule has 2 heterocycles. The van der Waals surface area contributed by atoms with E-state index in [4.69, 9.17) is 16.3 Å². The lowest BCUT2D eigenvalue weighted by Crippen LogP contribution is -2.34. The lowest BCUT2D eigenvalue weighted by molar-refractivity contribution is -0.144. The summed E-state index contributed by atoms with van der Waals surface area (Å²) in [5.41, 5.74) is 6.61. The van der Waals surface area contributed by atoms with Crippen molar-refractivity contribution >= 4 is 11.7 Å². The van der Waals surface area contributed by atoms with E-state index in [0.717, 1.165) is 63.6 Å². The summed E-state index contributed by atoms with van der Waals surface area (Å²) >= 11 is 0. The standard InChI is InChI=1S/C37H48N4O3/c1-4-44-37(43)20-27-8-12-29(13-9-27)26(3)40(23-28-10-14-30(15-11-28)35-18-19-36(42)25(2)39-35)34-7-5-6-31(21-34)32-22-38-41(24-32)33-16-17-33/h5-7,18-19,21-22,24,27-30,33,42H,3-4,8-17,20,23H2,1-2H3. The van der Waals surface area contributed by atoms with E-state index in [9.17, 15) is 9.90 Å². The Morgan fingerprint density at radius 2 is 1.75 bits per heavy atom. The topological polar surface area (TPSA) is 80.5 Å². The van der Waals surface area contributed by atoms with Gasteiger partial charge in [-0.3, -0.25) is 14.5 Å². The molecule has 234 valence electrons. The van der Waals surface area contributed by atoms with Gasteiger partial charge >= 0.3 is 5.97 Å². The summed E-state index contributed by atoms with van der Waals surface area (Å²) in [6.45, 7) is 9.90. The summed E-state index contributed by atoms with van der Waals surface area (Å²) in [5.74, 6) is 2.05. The molecule has 6 rings (SSSR count). The first-order valence-electron chi connectivity index (χ1n) is 16.8. The van der Waals surface area contributed by atoms with Crippen LogP contribution in [0.15, 0.2) is 61.1 Å². The van der Waals surface area contributed by atoms with Gasteiger partial charge in [0.05, 0.1) is 24.5 Å². The molecule has 44 heavy (non-hydrogen) atoms. The number of carbonyl (C=O) groups excluding carboxylic acids is 1. The fourth-order valence-electron chi connectivity index (χ4n) is 7.34. The van der Waals surface area contributed by atoms with E-state index >= 15 is 0 Å². The molecule has 0 unspecified atom stereocenters. The van der Waals surface area contributed by atoms with Crippen LogP contribution in [0.25, 0.3) is 11.1 Å².